The number of amides is 1. The van der Waals surface area contributed by atoms with E-state index in [9.17, 15) is 9.90 Å². The fourth-order valence-corrected chi connectivity index (χ4v) is 4.24. The van der Waals surface area contributed by atoms with Crippen LogP contribution in [0.4, 0.5) is 5.69 Å². The summed E-state index contributed by atoms with van der Waals surface area (Å²) in [5, 5.41) is 13.9. The molecule has 1 saturated heterocycles. The second kappa shape index (κ2) is 9.97. The van der Waals surface area contributed by atoms with E-state index >= 15 is 0 Å². The van der Waals surface area contributed by atoms with Crippen molar-refractivity contribution in [2.24, 2.45) is 0 Å². The quantitative estimate of drug-likeness (QED) is 0.568. The van der Waals surface area contributed by atoms with Gasteiger partial charge in [-0.15, -0.1) is 0 Å². The number of nitrogens with one attached hydrogen (secondary N) is 1. The van der Waals surface area contributed by atoms with Gasteiger partial charge in [0.1, 0.15) is 5.75 Å². The van der Waals surface area contributed by atoms with Crippen molar-refractivity contribution in [3.8, 4) is 5.75 Å². The number of hydrogen-bond acceptors (Lipinski definition) is 6. The molecule has 0 radical (unpaired) electrons. The predicted molar refractivity (Wildman–Crippen MR) is 126 cm³/mol. The van der Waals surface area contributed by atoms with Crippen LogP contribution in [-0.2, 0) is 4.79 Å². The van der Waals surface area contributed by atoms with Crippen LogP contribution in [0.3, 0.4) is 0 Å². The van der Waals surface area contributed by atoms with Gasteiger partial charge in [-0.2, -0.15) is 0 Å². The van der Waals surface area contributed by atoms with Crippen LogP contribution in [0.1, 0.15) is 18.0 Å². The molecule has 1 aromatic heterocycles. The number of benzene rings is 2. The van der Waals surface area contributed by atoms with Crippen LogP contribution in [0.25, 0.3) is 10.9 Å². The molecule has 3 aromatic rings. The number of likely N-dealkylation sites (N-methyl/N-ethyl adjacent to an activating group) is 1. The molecule has 1 aliphatic heterocycles. The number of carbonyl (C=O) groups excluding carboxylic acids is 1. The second-order valence-electron chi connectivity index (χ2n) is 8.18. The van der Waals surface area contributed by atoms with Gasteiger partial charge in [-0.25, -0.2) is 0 Å². The summed E-state index contributed by atoms with van der Waals surface area (Å²) in [6, 6.07) is 17.5. The Morgan fingerprint density at radius 3 is 2.78 bits per heavy atom. The molecular formula is C25H30N4O3. The van der Waals surface area contributed by atoms with Gasteiger partial charge in [0.05, 0.1) is 23.3 Å². The summed E-state index contributed by atoms with van der Waals surface area (Å²) in [6.45, 7) is 2.08. The van der Waals surface area contributed by atoms with Crippen molar-refractivity contribution in [1.82, 2.24) is 14.8 Å². The van der Waals surface area contributed by atoms with Gasteiger partial charge < -0.3 is 20.1 Å². The summed E-state index contributed by atoms with van der Waals surface area (Å²) in [6.07, 6.45) is 2.22. The third-order valence-corrected chi connectivity index (χ3v) is 6.07. The summed E-state index contributed by atoms with van der Waals surface area (Å²) < 4.78 is 5.96. The van der Waals surface area contributed by atoms with Crippen LogP contribution in [0, 0.1) is 0 Å². The Labute approximate surface area is 188 Å². The zero-order chi connectivity index (χ0) is 22.5. The van der Waals surface area contributed by atoms with E-state index in [4.69, 9.17) is 4.74 Å². The highest BCUT2D eigenvalue weighted by molar-refractivity contribution is 5.94. The van der Waals surface area contributed by atoms with Gasteiger partial charge in [0, 0.05) is 45.3 Å². The molecule has 2 aromatic carbocycles. The average molecular weight is 435 g/mol. The number of aromatic nitrogens is 1. The Morgan fingerprint density at radius 2 is 2.06 bits per heavy atom. The molecule has 1 amide bonds. The average Bonchev–Trinajstić information content (AvgIpc) is 3.25. The summed E-state index contributed by atoms with van der Waals surface area (Å²) in [4.78, 5) is 21.5. The molecule has 1 aliphatic rings. The van der Waals surface area contributed by atoms with Crippen molar-refractivity contribution in [3.63, 3.8) is 0 Å². The van der Waals surface area contributed by atoms with Crippen molar-refractivity contribution in [1.29, 1.82) is 0 Å². The number of aliphatic hydroxyl groups is 1. The summed E-state index contributed by atoms with van der Waals surface area (Å²) in [5.41, 5.74) is 2.79. The second-order valence-corrected chi connectivity index (χ2v) is 8.18. The van der Waals surface area contributed by atoms with Crippen LogP contribution in [-0.4, -0.2) is 72.2 Å². The normalized spacial score (nSPS) is 17.3. The molecule has 2 atom stereocenters. The van der Waals surface area contributed by atoms with Crippen molar-refractivity contribution in [2.45, 2.75) is 18.6 Å². The summed E-state index contributed by atoms with van der Waals surface area (Å²) >= 11 is 0. The zero-order valence-corrected chi connectivity index (χ0v) is 18.6. The Bertz CT molecular complexity index is 1060. The largest absolute Gasteiger partial charge is 0.483 e. The molecule has 1 unspecified atom stereocenters. The first-order chi connectivity index (χ1) is 15.6. The number of β-amino-alcohol motifs (C(OH)–C–C–N with tert-alkyl or cyclic N) is 1. The molecule has 4 rings (SSSR count). The molecule has 2 heterocycles. The van der Waals surface area contributed by atoms with Gasteiger partial charge in [-0.3, -0.25) is 14.7 Å². The van der Waals surface area contributed by atoms with Gasteiger partial charge >= 0.3 is 0 Å². The van der Waals surface area contributed by atoms with E-state index < -0.39 is 0 Å². The van der Waals surface area contributed by atoms with Crippen LogP contribution >= 0.6 is 0 Å². The van der Waals surface area contributed by atoms with Crippen molar-refractivity contribution in [2.75, 3.05) is 45.7 Å². The standard InChI is InChI=1S/C25H30N4O3/c1-26-21-10-11-23(20-9-6-13-27-25(20)21)32-17-24(31)28(2)22(18-7-4-3-5-8-18)16-29-14-12-19(30)15-29/h3-11,13,19,22,26,30H,12,14-17H2,1-2H3/t19-,22?/m0/s1. The van der Waals surface area contributed by atoms with Crippen LogP contribution in [0.15, 0.2) is 60.8 Å². The molecule has 0 bridgehead atoms. The van der Waals surface area contributed by atoms with Crippen LogP contribution in [0.5, 0.6) is 5.75 Å². The molecule has 7 nitrogen and oxygen atoms in total. The summed E-state index contributed by atoms with van der Waals surface area (Å²) in [7, 11) is 3.67. The molecule has 1 fully saturated rings. The number of fused-ring (bicyclic) bond motifs is 1. The third-order valence-electron chi connectivity index (χ3n) is 6.07. The Hall–Kier alpha value is -3.16. The SMILES string of the molecule is CNc1ccc(OCC(=O)N(C)C(CN2CC[C@H](O)C2)c2ccccc2)c2cccnc12. The highest BCUT2D eigenvalue weighted by Crippen LogP contribution is 2.30. The summed E-state index contributed by atoms with van der Waals surface area (Å²) in [5.74, 6) is 0.529. The lowest BCUT2D eigenvalue weighted by Crippen LogP contribution is -2.40. The Morgan fingerprint density at radius 1 is 1.25 bits per heavy atom. The number of anilines is 1. The van der Waals surface area contributed by atoms with E-state index in [1.54, 1.807) is 11.1 Å². The monoisotopic (exact) mass is 434 g/mol. The van der Waals surface area contributed by atoms with Gasteiger partial charge in [-0.05, 0) is 36.2 Å². The molecule has 32 heavy (non-hydrogen) atoms. The molecule has 2 N–H and O–H groups in total. The fraction of sp³-hybridized carbons (Fsp3) is 0.360. The molecule has 0 saturated carbocycles. The van der Waals surface area contributed by atoms with Crippen molar-refractivity contribution in [3.05, 3.63) is 66.4 Å². The van der Waals surface area contributed by atoms with Gasteiger partial charge in [0.2, 0.25) is 0 Å². The number of rotatable bonds is 8. The maximum absolute atomic E-state index is 13.1. The minimum atomic E-state index is -0.293. The van der Waals surface area contributed by atoms with Crippen molar-refractivity contribution < 1.29 is 14.6 Å². The molecule has 7 heteroatoms. The van der Waals surface area contributed by atoms with E-state index in [2.05, 4.69) is 15.2 Å². The lowest BCUT2D eigenvalue weighted by Gasteiger charge is -2.32. The van der Waals surface area contributed by atoms with E-state index in [0.29, 0.717) is 18.8 Å². The number of nitrogens with zero attached hydrogens (tertiary/aromatic N) is 3. The lowest BCUT2D eigenvalue weighted by atomic mass is 10.0. The maximum atomic E-state index is 13.1. The van der Waals surface area contributed by atoms with E-state index in [0.717, 1.165) is 35.1 Å². The first-order valence-corrected chi connectivity index (χ1v) is 11.0. The van der Waals surface area contributed by atoms with E-state index in [1.807, 2.05) is 68.7 Å². The minimum Gasteiger partial charge on any atom is -0.483 e. The first kappa shape index (κ1) is 22.0. The smallest absolute Gasteiger partial charge is 0.260 e. The topological polar surface area (TPSA) is 77.9 Å². The van der Waals surface area contributed by atoms with Gasteiger partial charge in [0.25, 0.3) is 5.91 Å². The van der Waals surface area contributed by atoms with Gasteiger partial charge in [-0.1, -0.05) is 30.3 Å². The minimum absolute atomic E-state index is 0.0641. The van der Waals surface area contributed by atoms with Crippen LogP contribution in [0.2, 0.25) is 0 Å². The number of carbonyl (C=O) groups is 1. The van der Waals surface area contributed by atoms with Gasteiger partial charge in [0.15, 0.2) is 6.61 Å². The fourth-order valence-electron chi connectivity index (χ4n) is 4.24. The van der Waals surface area contributed by atoms with E-state index in [-0.39, 0.29) is 24.7 Å². The molecule has 0 aliphatic carbocycles. The van der Waals surface area contributed by atoms with Crippen LogP contribution < -0.4 is 10.1 Å². The Balaban J connectivity index is 1.49. The molecule has 0 spiro atoms. The number of hydrogen-bond donors (Lipinski definition) is 2. The predicted octanol–water partition coefficient (Wildman–Crippen LogP) is 2.92. The number of ether oxygens (including phenoxy) is 1. The molecular weight excluding hydrogens is 404 g/mol. The first-order valence-electron chi connectivity index (χ1n) is 11.0. The number of pyridine rings is 1. The maximum Gasteiger partial charge on any atom is 0.260 e. The third kappa shape index (κ3) is 4.84. The molecule has 168 valence electrons. The number of aliphatic hydroxyl groups excluding tert-OH is 1. The van der Waals surface area contributed by atoms with E-state index in [1.165, 1.54) is 0 Å². The Kier molecular flexibility index (Phi) is 6.87. The highest BCUT2D eigenvalue weighted by atomic mass is 16.5. The van der Waals surface area contributed by atoms with Crippen molar-refractivity contribution >= 4 is 22.5 Å². The lowest BCUT2D eigenvalue weighted by molar-refractivity contribution is -0.134. The highest BCUT2D eigenvalue weighted by Gasteiger charge is 2.28. The number of likely N-dealkylation sites (tertiary alicyclic amines) is 1. The zero-order valence-electron chi connectivity index (χ0n) is 18.6.